The maximum atomic E-state index is 12.0. The van der Waals surface area contributed by atoms with Gasteiger partial charge in [-0.05, 0) is 18.9 Å². The van der Waals surface area contributed by atoms with Crippen LogP contribution >= 0.6 is 0 Å². The maximum Gasteiger partial charge on any atom is 0.321 e. The quantitative estimate of drug-likeness (QED) is 0.573. The van der Waals surface area contributed by atoms with Gasteiger partial charge in [0, 0.05) is 26.7 Å². The van der Waals surface area contributed by atoms with Gasteiger partial charge in [0.15, 0.2) is 0 Å². The Bertz CT molecular complexity index is 496. The van der Waals surface area contributed by atoms with Gasteiger partial charge in [-0.2, -0.15) is 0 Å². The van der Waals surface area contributed by atoms with E-state index in [4.69, 9.17) is 10.5 Å². The van der Waals surface area contributed by atoms with Gasteiger partial charge in [-0.3, -0.25) is 15.0 Å². The van der Waals surface area contributed by atoms with Crippen LogP contribution in [0.4, 0.5) is 4.79 Å². The van der Waals surface area contributed by atoms with Crippen LogP contribution in [0.1, 0.15) is 12.5 Å². The largest absolute Gasteiger partial charge is 0.383 e. The number of ether oxygens (including phenoxy) is 1. The zero-order chi connectivity index (χ0) is 17.8. The SMILES string of the molecule is COCC(C)NC(=O)NC(=O)CN(CCN)CCc1ccccc1. The average molecular weight is 336 g/mol. The minimum atomic E-state index is -0.514. The summed E-state index contributed by atoms with van der Waals surface area (Å²) in [4.78, 5) is 25.7. The minimum absolute atomic E-state index is 0.135. The van der Waals surface area contributed by atoms with Gasteiger partial charge in [0.1, 0.15) is 0 Å². The number of hydrogen-bond donors (Lipinski definition) is 3. The van der Waals surface area contributed by atoms with Crippen LogP contribution < -0.4 is 16.4 Å². The lowest BCUT2D eigenvalue weighted by Crippen LogP contribution is -2.48. The van der Waals surface area contributed by atoms with E-state index in [2.05, 4.69) is 10.6 Å². The van der Waals surface area contributed by atoms with Crippen molar-refractivity contribution in [2.45, 2.75) is 19.4 Å². The van der Waals surface area contributed by atoms with Crippen LogP contribution in [0.25, 0.3) is 0 Å². The number of hydrogen-bond acceptors (Lipinski definition) is 5. The zero-order valence-electron chi connectivity index (χ0n) is 14.5. The second-order valence-electron chi connectivity index (χ2n) is 5.68. The van der Waals surface area contributed by atoms with Crippen LogP contribution in [-0.4, -0.2) is 62.8 Å². The highest BCUT2D eigenvalue weighted by molar-refractivity contribution is 5.95. The summed E-state index contributed by atoms with van der Waals surface area (Å²) < 4.78 is 4.93. The van der Waals surface area contributed by atoms with Crippen molar-refractivity contribution in [1.29, 1.82) is 0 Å². The van der Waals surface area contributed by atoms with Crippen LogP contribution in [0.2, 0.25) is 0 Å². The van der Waals surface area contributed by atoms with E-state index in [1.54, 1.807) is 14.0 Å². The number of nitrogens with one attached hydrogen (secondary N) is 2. The van der Waals surface area contributed by atoms with Gasteiger partial charge >= 0.3 is 6.03 Å². The third kappa shape index (κ3) is 8.61. The number of benzene rings is 1. The predicted molar refractivity (Wildman–Crippen MR) is 93.7 cm³/mol. The molecule has 1 aromatic carbocycles. The van der Waals surface area contributed by atoms with Crippen LogP contribution in [0.5, 0.6) is 0 Å². The Hall–Kier alpha value is -1.96. The molecule has 0 spiro atoms. The topological polar surface area (TPSA) is 96.7 Å². The molecular formula is C17H28N4O3. The molecule has 0 fully saturated rings. The molecule has 0 heterocycles. The third-order valence-corrected chi connectivity index (χ3v) is 3.42. The summed E-state index contributed by atoms with van der Waals surface area (Å²) in [6.07, 6.45) is 0.825. The molecule has 0 aliphatic carbocycles. The molecule has 0 aliphatic heterocycles. The fourth-order valence-electron chi connectivity index (χ4n) is 2.31. The Morgan fingerprint density at radius 3 is 2.58 bits per heavy atom. The molecule has 4 N–H and O–H groups in total. The summed E-state index contributed by atoms with van der Waals surface area (Å²) in [5, 5.41) is 4.97. The smallest absolute Gasteiger partial charge is 0.321 e. The number of rotatable bonds is 10. The second kappa shape index (κ2) is 11.6. The number of carbonyl (C=O) groups is 2. The van der Waals surface area contributed by atoms with Crippen molar-refractivity contribution in [1.82, 2.24) is 15.5 Å². The van der Waals surface area contributed by atoms with Crippen molar-refractivity contribution in [3.05, 3.63) is 35.9 Å². The Morgan fingerprint density at radius 1 is 1.25 bits per heavy atom. The van der Waals surface area contributed by atoms with Crippen molar-refractivity contribution in [3.63, 3.8) is 0 Å². The summed E-state index contributed by atoms with van der Waals surface area (Å²) in [5.41, 5.74) is 6.81. The van der Waals surface area contributed by atoms with Crippen molar-refractivity contribution in [2.24, 2.45) is 5.73 Å². The Balaban J connectivity index is 2.40. The molecule has 1 atom stereocenters. The summed E-state index contributed by atoms with van der Waals surface area (Å²) in [7, 11) is 1.55. The molecule has 1 unspecified atom stereocenters. The van der Waals surface area contributed by atoms with E-state index in [9.17, 15) is 9.59 Å². The van der Waals surface area contributed by atoms with Gasteiger partial charge < -0.3 is 15.8 Å². The molecule has 0 bridgehead atoms. The number of imide groups is 1. The Morgan fingerprint density at radius 2 is 1.96 bits per heavy atom. The fraction of sp³-hybridized carbons (Fsp3) is 0.529. The Kier molecular flexibility index (Phi) is 9.67. The number of nitrogens with zero attached hydrogens (tertiary/aromatic N) is 1. The first-order chi connectivity index (χ1) is 11.5. The molecule has 7 nitrogen and oxygen atoms in total. The molecule has 0 saturated carbocycles. The van der Waals surface area contributed by atoms with E-state index in [-0.39, 0.29) is 18.5 Å². The monoisotopic (exact) mass is 336 g/mol. The number of amides is 3. The van der Waals surface area contributed by atoms with E-state index < -0.39 is 6.03 Å². The first-order valence-electron chi connectivity index (χ1n) is 8.10. The van der Waals surface area contributed by atoms with E-state index in [0.717, 1.165) is 6.42 Å². The molecule has 1 rings (SSSR count). The van der Waals surface area contributed by atoms with Crippen molar-refractivity contribution in [3.8, 4) is 0 Å². The van der Waals surface area contributed by atoms with E-state index in [0.29, 0.717) is 26.2 Å². The van der Waals surface area contributed by atoms with Gasteiger partial charge in [0.05, 0.1) is 19.2 Å². The molecule has 0 radical (unpaired) electrons. The lowest BCUT2D eigenvalue weighted by molar-refractivity contribution is -0.121. The second-order valence-corrected chi connectivity index (χ2v) is 5.68. The highest BCUT2D eigenvalue weighted by atomic mass is 16.5. The standard InChI is InChI=1S/C17H28N4O3/c1-14(13-24-2)19-17(23)20-16(22)12-21(11-9-18)10-8-15-6-4-3-5-7-15/h3-7,14H,8-13,18H2,1-2H3,(H2,19,20,22,23). The van der Waals surface area contributed by atoms with Gasteiger partial charge in [0.25, 0.3) is 0 Å². The van der Waals surface area contributed by atoms with Gasteiger partial charge in [-0.1, -0.05) is 30.3 Å². The van der Waals surface area contributed by atoms with Crippen LogP contribution in [0, 0.1) is 0 Å². The van der Waals surface area contributed by atoms with Crippen LogP contribution in [0.15, 0.2) is 30.3 Å². The highest BCUT2D eigenvalue weighted by Gasteiger charge is 2.14. The average Bonchev–Trinajstić information content (AvgIpc) is 2.53. The number of carbonyl (C=O) groups excluding carboxylic acids is 2. The molecule has 0 aliphatic rings. The van der Waals surface area contributed by atoms with Crippen LogP contribution in [0.3, 0.4) is 0 Å². The summed E-state index contributed by atoms with van der Waals surface area (Å²) in [6, 6.07) is 9.36. The van der Waals surface area contributed by atoms with Gasteiger partial charge in [-0.25, -0.2) is 4.79 Å². The molecule has 7 heteroatoms. The summed E-state index contributed by atoms with van der Waals surface area (Å²) in [6.45, 7) is 4.08. The molecule has 24 heavy (non-hydrogen) atoms. The molecule has 3 amide bonds. The molecule has 0 saturated heterocycles. The maximum absolute atomic E-state index is 12.0. The van der Waals surface area contributed by atoms with Crippen molar-refractivity contribution < 1.29 is 14.3 Å². The third-order valence-electron chi connectivity index (χ3n) is 3.42. The van der Waals surface area contributed by atoms with Crippen molar-refractivity contribution in [2.75, 3.05) is 39.9 Å². The lowest BCUT2D eigenvalue weighted by atomic mass is 10.1. The fourth-order valence-corrected chi connectivity index (χ4v) is 2.31. The normalized spacial score (nSPS) is 12.0. The zero-order valence-corrected chi connectivity index (χ0v) is 14.5. The van der Waals surface area contributed by atoms with Gasteiger partial charge in [0.2, 0.25) is 5.91 Å². The minimum Gasteiger partial charge on any atom is -0.383 e. The number of nitrogens with two attached hydrogens (primary N) is 1. The first-order valence-corrected chi connectivity index (χ1v) is 8.10. The summed E-state index contributed by atoms with van der Waals surface area (Å²) in [5.74, 6) is -0.348. The van der Waals surface area contributed by atoms with Crippen LogP contribution in [-0.2, 0) is 16.0 Å². The number of urea groups is 1. The molecule has 0 aromatic heterocycles. The van der Waals surface area contributed by atoms with Gasteiger partial charge in [-0.15, -0.1) is 0 Å². The predicted octanol–water partition coefficient (Wildman–Crippen LogP) is 0.351. The van der Waals surface area contributed by atoms with E-state index >= 15 is 0 Å². The van der Waals surface area contributed by atoms with Crippen molar-refractivity contribution >= 4 is 11.9 Å². The molecular weight excluding hydrogens is 308 g/mol. The van der Waals surface area contributed by atoms with E-state index in [1.165, 1.54) is 5.56 Å². The number of methoxy groups -OCH3 is 1. The summed E-state index contributed by atoms with van der Waals surface area (Å²) >= 11 is 0. The lowest BCUT2D eigenvalue weighted by Gasteiger charge is -2.21. The first kappa shape index (κ1) is 20.1. The molecule has 1 aromatic rings. The van der Waals surface area contributed by atoms with E-state index in [1.807, 2.05) is 35.2 Å². The Labute approximate surface area is 143 Å². The molecule has 134 valence electrons. The highest BCUT2D eigenvalue weighted by Crippen LogP contribution is 2.01.